The van der Waals surface area contributed by atoms with Gasteiger partial charge in [0.1, 0.15) is 11.3 Å². The van der Waals surface area contributed by atoms with Crippen molar-refractivity contribution in [2.45, 2.75) is 19.9 Å². The zero-order valence-electron chi connectivity index (χ0n) is 13.9. The molecule has 0 atom stereocenters. The fraction of sp³-hybridized carbons (Fsp3) is 0.235. The molecule has 2 aromatic heterocycles. The zero-order chi connectivity index (χ0) is 19.7. The van der Waals surface area contributed by atoms with Crippen LogP contribution in [0.1, 0.15) is 6.92 Å². The van der Waals surface area contributed by atoms with Crippen LogP contribution in [0.2, 0.25) is 10.0 Å². The van der Waals surface area contributed by atoms with Crippen LogP contribution in [0.25, 0.3) is 22.3 Å². The van der Waals surface area contributed by atoms with Gasteiger partial charge in [-0.15, -0.1) is 0 Å². The maximum atomic E-state index is 13.1. The number of alkyl halides is 2. The van der Waals surface area contributed by atoms with Crippen LogP contribution in [0.5, 0.6) is 11.5 Å². The van der Waals surface area contributed by atoms with E-state index in [1.165, 1.54) is 24.5 Å². The van der Waals surface area contributed by atoms with E-state index in [2.05, 4.69) is 9.97 Å². The molecule has 0 aliphatic rings. The van der Waals surface area contributed by atoms with E-state index >= 15 is 0 Å². The molecule has 6 nitrogen and oxygen atoms in total. The standard InChI is InChI=1S/C17H13Cl2F2N3O3/c1-2-27-15-9(19)4-3-8(18)11(15)12-14(25)13-16(23-6-5-22-13)24(17(12)26)7-10(20)21/h3-6,10,25H,2,7H2,1H3. The molecule has 0 amide bonds. The summed E-state index contributed by atoms with van der Waals surface area (Å²) in [5.41, 5.74) is -1.53. The summed E-state index contributed by atoms with van der Waals surface area (Å²) < 4.78 is 32.4. The van der Waals surface area contributed by atoms with Gasteiger partial charge in [0.25, 0.3) is 12.0 Å². The summed E-state index contributed by atoms with van der Waals surface area (Å²) in [6.07, 6.45) is -0.320. The highest BCUT2D eigenvalue weighted by Gasteiger charge is 2.26. The number of rotatable bonds is 5. The Bertz CT molecular complexity index is 1070. The second kappa shape index (κ2) is 7.66. The third-order valence-electron chi connectivity index (χ3n) is 3.77. The summed E-state index contributed by atoms with van der Waals surface area (Å²) in [5, 5.41) is 10.9. The van der Waals surface area contributed by atoms with Crippen molar-refractivity contribution in [3.05, 3.63) is 44.9 Å². The van der Waals surface area contributed by atoms with Gasteiger partial charge in [-0.05, 0) is 19.1 Å². The van der Waals surface area contributed by atoms with Crippen LogP contribution in [0.3, 0.4) is 0 Å². The van der Waals surface area contributed by atoms with Crippen LogP contribution in [0.4, 0.5) is 8.78 Å². The monoisotopic (exact) mass is 415 g/mol. The molecule has 10 heteroatoms. The largest absolute Gasteiger partial charge is 0.505 e. The lowest BCUT2D eigenvalue weighted by atomic mass is 10.0. The molecule has 0 saturated carbocycles. The van der Waals surface area contributed by atoms with Gasteiger partial charge >= 0.3 is 0 Å². The number of fused-ring (bicyclic) bond motifs is 1. The van der Waals surface area contributed by atoms with Gasteiger partial charge < -0.3 is 9.84 Å². The second-order valence-electron chi connectivity index (χ2n) is 5.43. The number of aromatic hydroxyl groups is 1. The lowest BCUT2D eigenvalue weighted by molar-refractivity contribution is 0.126. The summed E-state index contributed by atoms with van der Waals surface area (Å²) in [7, 11) is 0. The molecule has 27 heavy (non-hydrogen) atoms. The number of pyridine rings is 1. The average molecular weight is 416 g/mol. The van der Waals surface area contributed by atoms with Crippen molar-refractivity contribution < 1.29 is 18.6 Å². The molecule has 0 unspecified atom stereocenters. The maximum Gasteiger partial charge on any atom is 0.264 e. The summed E-state index contributed by atoms with van der Waals surface area (Å²) >= 11 is 12.4. The first-order chi connectivity index (χ1) is 12.9. The Morgan fingerprint density at radius 1 is 1.19 bits per heavy atom. The van der Waals surface area contributed by atoms with Gasteiger partial charge in [-0.3, -0.25) is 9.36 Å². The number of ether oxygens (including phenoxy) is 1. The minimum absolute atomic E-state index is 0.00378. The first-order valence-electron chi connectivity index (χ1n) is 7.82. The van der Waals surface area contributed by atoms with Crippen LogP contribution in [0, 0.1) is 0 Å². The maximum absolute atomic E-state index is 13.1. The van der Waals surface area contributed by atoms with Crippen molar-refractivity contribution in [2.24, 2.45) is 0 Å². The number of hydrogen-bond acceptors (Lipinski definition) is 5. The molecule has 2 heterocycles. The zero-order valence-corrected chi connectivity index (χ0v) is 15.4. The van der Waals surface area contributed by atoms with Crippen molar-refractivity contribution in [3.8, 4) is 22.6 Å². The summed E-state index contributed by atoms with van der Waals surface area (Å²) in [6.45, 7) is 0.970. The topological polar surface area (TPSA) is 77.2 Å². The van der Waals surface area contributed by atoms with Crippen molar-refractivity contribution >= 4 is 34.4 Å². The summed E-state index contributed by atoms with van der Waals surface area (Å²) in [6, 6.07) is 2.88. The van der Waals surface area contributed by atoms with Crippen molar-refractivity contribution in [3.63, 3.8) is 0 Å². The molecule has 1 aromatic carbocycles. The van der Waals surface area contributed by atoms with E-state index in [1.54, 1.807) is 6.92 Å². The third kappa shape index (κ3) is 3.42. The van der Waals surface area contributed by atoms with Crippen LogP contribution in [-0.2, 0) is 6.54 Å². The lowest BCUT2D eigenvalue weighted by Gasteiger charge is -2.17. The third-order valence-corrected chi connectivity index (χ3v) is 4.39. The quantitative estimate of drug-likeness (QED) is 0.677. The number of benzene rings is 1. The lowest BCUT2D eigenvalue weighted by Crippen LogP contribution is -2.26. The Labute approximate surface area is 162 Å². The average Bonchev–Trinajstić information content (AvgIpc) is 2.64. The van der Waals surface area contributed by atoms with Crippen LogP contribution in [-0.4, -0.2) is 32.7 Å². The van der Waals surface area contributed by atoms with E-state index in [0.29, 0.717) is 0 Å². The highest BCUT2D eigenvalue weighted by Crippen LogP contribution is 2.44. The molecule has 0 aliphatic carbocycles. The number of nitrogens with zero attached hydrogens (tertiary/aromatic N) is 3. The Kier molecular flexibility index (Phi) is 5.48. The molecule has 0 bridgehead atoms. The normalized spacial score (nSPS) is 11.3. The van der Waals surface area contributed by atoms with E-state index in [0.717, 1.165) is 4.57 Å². The fourth-order valence-corrected chi connectivity index (χ4v) is 3.19. The Balaban J connectivity index is 2.47. The predicted molar refractivity (Wildman–Crippen MR) is 98.1 cm³/mol. The molecule has 142 valence electrons. The Hall–Kier alpha value is -2.45. The smallest absolute Gasteiger partial charge is 0.264 e. The van der Waals surface area contributed by atoms with Crippen molar-refractivity contribution in [1.29, 1.82) is 0 Å². The summed E-state index contributed by atoms with van der Waals surface area (Å²) in [5.74, 6) is -0.482. The molecule has 0 aliphatic heterocycles. The molecular weight excluding hydrogens is 403 g/mol. The van der Waals surface area contributed by atoms with Gasteiger partial charge in [-0.2, -0.15) is 0 Å². The molecule has 0 fully saturated rings. The summed E-state index contributed by atoms with van der Waals surface area (Å²) in [4.78, 5) is 20.9. The first-order valence-corrected chi connectivity index (χ1v) is 8.58. The fourth-order valence-electron chi connectivity index (χ4n) is 2.73. The van der Waals surface area contributed by atoms with Crippen molar-refractivity contribution in [2.75, 3.05) is 6.61 Å². The second-order valence-corrected chi connectivity index (χ2v) is 6.24. The Morgan fingerprint density at radius 3 is 2.52 bits per heavy atom. The van der Waals surface area contributed by atoms with Crippen LogP contribution in [0.15, 0.2) is 29.3 Å². The van der Waals surface area contributed by atoms with Crippen LogP contribution >= 0.6 is 23.2 Å². The van der Waals surface area contributed by atoms with Gasteiger partial charge in [0.15, 0.2) is 11.4 Å². The Morgan fingerprint density at radius 2 is 1.85 bits per heavy atom. The minimum Gasteiger partial charge on any atom is -0.505 e. The number of hydrogen-bond donors (Lipinski definition) is 1. The molecule has 3 aromatic rings. The van der Waals surface area contributed by atoms with Gasteiger partial charge in [0.05, 0.1) is 34.3 Å². The van der Waals surface area contributed by atoms with Gasteiger partial charge in [-0.25, -0.2) is 18.7 Å². The molecule has 3 rings (SSSR count). The molecular formula is C17H13Cl2F2N3O3. The highest BCUT2D eigenvalue weighted by molar-refractivity contribution is 6.37. The molecule has 0 spiro atoms. The van der Waals surface area contributed by atoms with Gasteiger partial charge in [-0.1, -0.05) is 23.2 Å². The van der Waals surface area contributed by atoms with Gasteiger partial charge in [0, 0.05) is 12.4 Å². The van der Waals surface area contributed by atoms with Crippen LogP contribution < -0.4 is 10.3 Å². The number of halogens is 4. The number of aromatic nitrogens is 3. The SMILES string of the molecule is CCOc1c(Cl)ccc(Cl)c1-c1c(O)c2nccnc2n(CC(F)F)c1=O. The predicted octanol–water partition coefficient (Wildman–Crippen LogP) is 4.13. The first kappa shape index (κ1) is 19.3. The van der Waals surface area contributed by atoms with Gasteiger partial charge in [0.2, 0.25) is 0 Å². The van der Waals surface area contributed by atoms with Crippen molar-refractivity contribution in [1.82, 2.24) is 14.5 Å². The minimum atomic E-state index is -2.83. The molecule has 0 saturated heterocycles. The van der Waals surface area contributed by atoms with E-state index in [4.69, 9.17) is 27.9 Å². The molecule has 1 N–H and O–H groups in total. The van der Waals surface area contributed by atoms with E-state index in [9.17, 15) is 18.7 Å². The van der Waals surface area contributed by atoms with E-state index in [-0.39, 0.29) is 44.7 Å². The molecule has 0 radical (unpaired) electrons. The highest BCUT2D eigenvalue weighted by atomic mass is 35.5. The van der Waals surface area contributed by atoms with E-state index < -0.39 is 24.3 Å². The van der Waals surface area contributed by atoms with E-state index in [1.807, 2.05) is 0 Å².